The summed E-state index contributed by atoms with van der Waals surface area (Å²) in [6.45, 7) is 7.29. The molecule has 0 unspecified atom stereocenters. The summed E-state index contributed by atoms with van der Waals surface area (Å²) in [6.07, 6.45) is 2.31. The van der Waals surface area contributed by atoms with Crippen molar-refractivity contribution in [2.24, 2.45) is 5.73 Å². The highest BCUT2D eigenvalue weighted by Crippen LogP contribution is 2.33. The van der Waals surface area contributed by atoms with E-state index in [0.29, 0.717) is 11.6 Å². The number of nitrogens with zero attached hydrogens (tertiary/aromatic N) is 1. The molecule has 1 aromatic heterocycles. The minimum atomic E-state index is -0.383. The zero-order valence-electron chi connectivity index (χ0n) is 16.1. The molecule has 1 fully saturated rings. The molecule has 27 heavy (non-hydrogen) atoms. The van der Waals surface area contributed by atoms with Gasteiger partial charge in [0.1, 0.15) is 5.69 Å². The van der Waals surface area contributed by atoms with E-state index in [9.17, 15) is 4.79 Å². The van der Waals surface area contributed by atoms with Gasteiger partial charge in [0, 0.05) is 23.0 Å². The third kappa shape index (κ3) is 3.37. The first-order valence-corrected chi connectivity index (χ1v) is 9.72. The number of nitrogens with two attached hydrogens (primary N) is 1. The van der Waals surface area contributed by atoms with Crippen molar-refractivity contribution >= 4 is 16.8 Å². The van der Waals surface area contributed by atoms with Crippen LogP contribution in [-0.2, 0) is 6.54 Å². The monoisotopic (exact) mass is 361 g/mol. The van der Waals surface area contributed by atoms with Gasteiger partial charge in [-0.15, -0.1) is 0 Å². The number of aromatic nitrogens is 1. The molecule has 1 aliphatic rings. The molecule has 0 aliphatic carbocycles. The van der Waals surface area contributed by atoms with Crippen LogP contribution in [0.2, 0.25) is 0 Å². The first-order valence-electron chi connectivity index (χ1n) is 9.72. The Bertz CT molecular complexity index is 960. The zero-order chi connectivity index (χ0) is 19.0. The summed E-state index contributed by atoms with van der Waals surface area (Å²) in [5.74, 6) is 0.243. The van der Waals surface area contributed by atoms with Crippen LogP contribution in [0.3, 0.4) is 0 Å². The van der Waals surface area contributed by atoms with Gasteiger partial charge in [-0.05, 0) is 68.5 Å². The molecule has 2 heterocycles. The third-order valence-electron chi connectivity index (χ3n) is 5.98. The molecule has 0 spiro atoms. The Morgan fingerprint density at radius 3 is 2.41 bits per heavy atom. The second kappa shape index (κ2) is 7.20. The number of likely N-dealkylation sites (tertiary alicyclic amines) is 1. The van der Waals surface area contributed by atoms with E-state index in [0.717, 1.165) is 48.9 Å². The van der Waals surface area contributed by atoms with E-state index >= 15 is 0 Å². The molecule has 4 rings (SSSR count). The molecular formula is C23H27N3O. The molecule has 3 aromatic rings. The molecule has 0 saturated carbocycles. The maximum absolute atomic E-state index is 11.9. The number of aryl methyl sites for hydroxylation is 2. The number of hydrogen-bond acceptors (Lipinski definition) is 2. The van der Waals surface area contributed by atoms with E-state index in [1.807, 2.05) is 18.2 Å². The van der Waals surface area contributed by atoms with Crippen LogP contribution in [0.4, 0.5) is 0 Å². The molecular weight excluding hydrogens is 334 g/mol. The number of primary amides is 1. The van der Waals surface area contributed by atoms with E-state index in [4.69, 9.17) is 5.73 Å². The number of fused-ring (bicyclic) bond motifs is 1. The first kappa shape index (κ1) is 17.8. The SMILES string of the molecule is Cc1cccc(C)c1C1CCN(Cc2c(C(N)=O)[nH]c3ccccc23)CC1. The predicted octanol–water partition coefficient (Wildman–Crippen LogP) is 4.26. The molecule has 0 bridgehead atoms. The van der Waals surface area contributed by atoms with Gasteiger partial charge in [0.25, 0.3) is 5.91 Å². The highest BCUT2D eigenvalue weighted by Gasteiger charge is 2.25. The van der Waals surface area contributed by atoms with Crippen LogP contribution in [0.1, 0.15) is 51.5 Å². The third-order valence-corrected chi connectivity index (χ3v) is 5.98. The van der Waals surface area contributed by atoms with Crippen LogP contribution < -0.4 is 5.73 Å². The van der Waals surface area contributed by atoms with Crippen molar-refractivity contribution in [2.75, 3.05) is 13.1 Å². The summed E-state index contributed by atoms with van der Waals surface area (Å²) in [6, 6.07) is 14.6. The van der Waals surface area contributed by atoms with Crippen molar-refractivity contribution in [1.82, 2.24) is 9.88 Å². The zero-order valence-corrected chi connectivity index (χ0v) is 16.1. The van der Waals surface area contributed by atoms with Gasteiger partial charge in [-0.3, -0.25) is 9.69 Å². The normalized spacial score (nSPS) is 16.1. The highest BCUT2D eigenvalue weighted by molar-refractivity contribution is 6.00. The Morgan fingerprint density at radius 2 is 1.74 bits per heavy atom. The Labute approximate surface area is 160 Å². The number of carbonyl (C=O) groups excluding carboxylic acids is 1. The Hall–Kier alpha value is -2.59. The second-order valence-electron chi connectivity index (χ2n) is 7.74. The maximum atomic E-state index is 11.9. The fraction of sp³-hybridized carbons (Fsp3) is 0.348. The number of rotatable bonds is 4. The largest absolute Gasteiger partial charge is 0.364 e. The number of H-pyrrole nitrogens is 1. The van der Waals surface area contributed by atoms with E-state index in [-0.39, 0.29) is 5.91 Å². The van der Waals surface area contributed by atoms with Crippen molar-refractivity contribution in [1.29, 1.82) is 0 Å². The van der Waals surface area contributed by atoms with Gasteiger partial charge in [-0.2, -0.15) is 0 Å². The number of aromatic amines is 1. The van der Waals surface area contributed by atoms with Gasteiger partial charge in [0.2, 0.25) is 0 Å². The number of hydrogen-bond donors (Lipinski definition) is 2. The van der Waals surface area contributed by atoms with Crippen LogP contribution in [0.25, 0.3) is 10.9 Å². The lowest BCUT2D eigenvalue weighted by molar-refractivity contribution is 0.0993. The number of para-hydroxylation sites is 1. The van der Waals surface area contributed by atoms with Crippen molar-refractivity contribution in [3.63, 3.8) is 0 Å². The Balaban J connectivity index is 1.53. The number of benzene rings is 2. The van der Waals surface area contributed by atoms with Crippen LogP contribution in [-0.4, -0.2) is 28.9 Å². The van der Waals surface area contributed by atoms with Crippen LogP contribution in [0.15, 0.2) is 42.5 Å². The maximum Gasteiger partial charge on any atom is 0.265 e. The van der Waals surface area contributed by atoms with Crippen molar-refractivity contribution in [2.45, 2.75) is 39.2 Å². The van der Waals surface area contributed by atoms with E-state index in [1.165, 1.54) is 16.7 Å². The molecule has 1 amide bonds. The predicted molar refractivity (Wildman–Crippen MR) is 110 cm³/mol. The van der Waals surface area contributed by atoms with Gasteiger partial charge in [-0.1, -0.05) is 36.4 Å². The van der Waals surface area contributed by atoms with Gasteiger partial charge >= 0.3 is 0 Å². The van der Waals surface area contributed by atoms with Gasteiger partial charge in [0.05, 0.1) is 0 Å². The van der Waals surface area contributed by atoms with Crippen molar-refractivity contribution in [3.05, 3.63) is 70.4 Å². The summed E-state index contributed by atoms with van der Waals surface area (Å²) >= 11 is 0. The number of nitrogens with one attached hydrogen (secondary N) is 1. The van der Waals surface area contributed by atoms with Crippen molar-refractivity contribution in [3.8, 4) is 0 Å². The van der Waals surface area contributed by atoms with E-state index < -0.39 is 0 Å². The fourth-order valence-corrected chi connectivity index (χ4v) is 4.65. The molecule has 0 radical (unpaired) electrons. The van der Waals surface area contributed by atoms with Crippen LogP contribution in [0, 0.1) is 13.8 Å². The lowest BCUT2D eigenvalue weighted by Crippen LogP contribution is -2.33. The summed E-state index contributed by atoms with van der Waals surface area (Å²) in [5, 5.41) is 1.10. The molecule has 0 atom stereocenters. The summed E-state index contributed by atoms with van der Waals surface area (Å²) in [7, 11) is 0. The van der Waals surface area contributed by atoms with Gasteiger partial charge in [-0.25, -0.2) is 0 Å². The quantitative estimate of drug-likeness (QED) is 0.729. The number of carbonyl (C=O) groups is 1. The Morgan fingerprint density at radius 1 is 1.07 bits per heavy atom. The average Bonchev–Trinajstić information content (AvgIpc) is 3.02. The molecule has 3 N–H and O–H groups in total. The molecule has 140 valence electrons. The van der Waals surface area contributed by atoms with Crippen LogP contribution >= 0.6 is 0 Å². The lowest BCUT2D eigenvalue weighted by Gasteiger charge is -2.33. The fourth-order valence-electron chi connectivity index (χ4n) is 4.65. The summed E-state index contributed by atoms with van der Waals surface area (Å²) in [5.41, 5.74) is 12.5. The molecule has 4 heteroatoms. The molecule has 2 aromatic carbocycles. The highest BCUT2D eigenvalue weighted by atomic mass is 16.1. The van der Waals surface area contributed by atoms with E-state index in [2.05, 4.69) is 48.0 Å². The molecule has 4 nitrogen and oxygen atoms in total. The average molecular weight is 361 g/mol. The number of piperidine rings is 1. The summed E-state index contributed by atoms with van der Waals surface area (Å²) < 4.78 is 0. The molecule has 1 aliphatic heterocycles. The minimum Gasteiger partial charge on any atom is -0.364 e. The van der Waals surface area contributed by atoms with Gasteiger partial charge < -0.3 is 10.7 Å². The first-order chi connectivity index (χ1) is 13.0. The van der Waals surface area contributed by atoms with E-state index in [1.54, 1.807) is 0 Å². The summed E-state index contributed by atoms with van der Waals surface area (Å²) in [4.78, 5) is 17.6. The topological polar surface area (TPSA) is 62.1 Å². The lowest BCUT2D eigenvalue weighted by atomic mass is 9.84. The van der Waals surface area contributed by atoms with Crippen molar-refractivity contribution < 1.29 is 4.79 Å². The van der Waals surface area contributed by atoms with Crippen LogP contribution in [0.5, 0.6) is 0 Å². The standard InChI is InChI=1S/C23H27N3O/c1-15-6-5-7-16(2)21(15)17-10-12-26(13-11-17)14-19-18-8-3-4-9-20(18)25-22(19)23(24)27/h3-9,17,25H,10-14H2,1-2H3,(H2,24,27). The molecule has 1 saturated heterocycles. The van der Waals surface area contributed by atoms with Gasteiger partial charge in [0.15, 0.2) is 0 Å². The smallest absolute Gasteiger partial charge is 0.265 e. The second-order valence-corrected chi connectivity index (χ2v) is 7.74. The number of amides is 1. The minimum absolute atomic E-state index is 0.383. The Kier molecular flexibility index (Phi) is 4.75.